The smallest absolute Gasteiger partial charge is 0.00239 e. The van der Waals surface area contributed by atoms with E-state index in [2.05, 4.69) is 109 Å². The molecule has 2 atom stereocenters. The molecule has 0 bridgehead atoms. The van der Waals surface area contributed by atoms with E-state index in [1.54, 1.807) is 0 Å². The Morgan fingerprint density at radius 3 is 1.06 bits per heavy atom. The van der Waals surface area contributed by atoms with E-state index in [4.69, 9.17) is 0 Å². The van der Waals surface area contributed by atoms with E-state index in [1.807, 2.05) is 0 Å². The van der Waals surface area contributed by atoms with Gasteiger partial charge in [-0.3, -0.25) is 0 Å². The molecule has 36 heavy (non-hydrogen) atoms. The zero-order chi connectivity index (χ0) is 23.4. The Hall–Kier alpha value is -4.16. The normalized spacial score (nSPS) is 18.3. The summed E-state index contributed by atoms with van der Waals surface area (Å²) in [4.78, 5) is 0. The lowest BCUT2D eigenvalue weighted by Gasteiger charge is -2.39. The van der Waals surface area contributed by atoms with E-state index in [0.717, 1.165) is 0 Å². The molecule has 8 aromatic rings. The van der Waals surface area contributed by atoms with Crippen molar-refractivity contribution in [3.8, 4) is 0 Å². The van der Waals surface area contributed by atoms with Gasteiger partial charge in [-0.05, 0) is 100 Å². The standard InChI is InChI=1S/C36H24/c1-3-21-7-9-25-11-15-29(31-17-13-23(5-1)33(21)35(25)31)27-19-20-28(27)30-16-12-26-10-8-22-4-2-6-24-14-18-32(30)36(26)34(22)24/h1-18,27-28H,19-20H2/t27-,28-/m0/s1. The molecule has 0 spiro atoms. The van der Waals surface area contributed by atoms with Crippen molar-refractivity contribution in [2.75, 3.05) is 0 Å². The third-order valence-electron chi connectivity index (χ3n) is 9.20. The highest BCUT2D eigenvalue weighted by Gasteiger charge is 2.35. The van der Waals surface area contributed by atoms with E-state index in [1.165, 1.54) is 88.6 Å². The van der Waals surface area contributed by atoms with Crippen molar-refractivity contribution in [2.45, 2.75) is 24.7 Å². The molecule has 1 fully saturated rings. The van der Waals surface area contributed by atoms with Crippen LogP contribution in [0.15, 0.2) is 109 Å². The van der Waals surface area contributed by atoms with Gasteiger partial charge in [-0.15, -0.1) is 0 Å². The summed E-state index contributed by atoms with van der Waals surface area (Å²) in [7, 11) is 0. The van der Waals surface area contributed by atoms with Crippen LogP contribution >= 0.6 is 0 Å². The highest BCUT2D eigenvalue weighted by Crippen LogP contribution is 2.53. The Morgan fingerprint density at radius 1 is 0.333 bits per heavy atom. The van der Waals surface area contributed by atoms with Crippen molar-refractivity contribution in [3.63, 3.8) is 0 Å². The van der Waals surface area contributed by atoms with Crippen LogP contribution in [0, 0.1) is 0 Å². The van der Waals surface area contributed by atoms with Crippen molar-refractivity contribution >= 4 is 64.6 Å². The molecule has 0 saturated heterocycles. The number of rotatable bonds is 2. The average molecular weight is 457 g/mol. The van der Waals surface area contributed by atoms with E-state index >= 15 is 0 Å². The molecule has 0 heteroatoms. The first-order chi connectivity index (χ1) is 17.8. The van der Waals surface area contributed by atoms with Crippen LogP contribution in [0.4, 0.5) is 0 Å². The minimum absolute atomic E-state index is 0.563. The molecular weight excluding hydrogens is 432 g/mol. The molecule has 0 radical (unpaired) electrons. The Bertz CT molecular complexity index is 1930. The molecule has 0 aliphatic heterocycles. The first-order valence-corrected chi connectivity index (χ1v) is 13.2. The van der Waals surface area contributed by atoms with Gasteiger partial charge >= 0.3 is 0 Å². The van der Waals surface area contributed by atoms with Crippen LogP contribution in [-0.2, 0) is 0 Å². The van der Waals surface area contributed by atoms with Crippen LogP contribution in [0.2, 0.25) is 0 Å². The molecule has 0 heterocycles. The van der Waals surface area contributed by atoms with E-state index in [0.29, 0.717) is 11.8 Å². The molecule has 0 aromatic heterocycles. The number of hydrogen-bond donors (Lipinski definition) is 0. The van der Waals surface area contributed by atoms with Gasteiger partial charge in [-0.1, -0.05) is 109 Å². The van der Waals surface area contributed by atoms with Gasteiger partial charge in [-0.2, -0.15) is 0 Å². The summed E-state index contributed by atoms with van der Waals surface area (Å²) < 4.78 is 0. The second kappa shape index (κ2) is 6.74. The maximum atomic E-state index is 2.43. The van der Waals surface area contributed by atoms with Crippen molar-refractivity contribution in [1.82, 2.24) is 0 Å². The van der Waals surface area contributed by atoms with Crippen molar-refractivity contribution in [2.24, 2.45) is 0 Å². The largest absolute Gasteiger partial charge is 0.0610 e. The quantitative estimate of drug-likeness (QED) is 0.227. The molecule has 0 N–H and O–H groups in total. The molecular formula is C36H24. The lowest BCUT2D eigenvalue weighted by molar-refractivity contribution is 0.350. The SMILES string of the molecule is c1cc2ccc3ccc([C@H]4CC[C@@H]4c4ccc5ccc6cccc7ccc4c5c67)c4ccc(c1)c2c34. The zero-order valence-electron chi connectivity index (χ0n) is 20.0. The van der Waals surface area contributed by atoms with Gasteiger partial charge in [-0.25, -0.2) is 0 Å². The summed E-state index contributed by atoms with van der Waals surface area (Å²) in [6.45, 7) is 0. The zero-order valence-corrected chi connectivity index (χ0v) is 20.0. The summed E-state index contributed by atoms with van der Waals surface area (Å²) >= 11 is 0. The Labute approximate surface area is 209 Å². The summed E-state index contributed by atoms with van der Waals surface area (Å²) in [5.74, 6) is 1.13. The summed E-state index contributed by atoms with van der Waals surface area (Å²) in [5, 5.41) is 16.7. The van der Waals surface area contributed by atoms with Crippen LogP contribution < -0.4 is 0 Å². The molecule has 168 valence electrons. The molecule has 0 amide bonds. The lowest BCUT2D eigenvalue weighted by atomic mass is 9.65. The lowest BCUT2D eigenvalue weighted by Crippen LogP contribution is -2.22. The Balaban J connectivity index is 1.27. The monoisotopic (exact) mass is 456 g/mol. The van der Waals surface area contributed by atoms with Gasteiger partial charge in [0.15, 0.2) is 0 Å². The second-order valence-electron chi connectivity index (χ2n) is 10.8. The van der Waals surface area contributed by atoms with Crippen LogP contribution in [0.3, 0.4) is 0 Å². The number of hydrogen-bond acceptors (Lipinski definition) is 0. The maximum Gasteiger partial charge on any atom is -0.00239 e. The predicted octanol–water partition coefficient (Wildman–Crippen LogP) is 10.1. The van der Waals surface area contributed by atoms with E-state index in [9.17, 15) is 0 Å². The maximum absolute atomic E-state index is 2.43. The highest BCUT2D eigenvalue weighted by molar-refractivity contribution is 6.24. The van der Waals surface area contributed by atoms with Crippen LogP contribution in [0.5, 0.6) is 0 Å². The van der Waals surface area contributed by atoms with Gasteiger partial charge in [0.25, 0.3) is 0 Å². The Kier molecular flexibility index (Phi) is 3.57. The van der Waals surface area contributed by atoms with E-state index < -0.39 is 0 Å². The van der Waals surface area contributed by atoms with Crippen molar-refractivity contribution < 1.29 is 0 Å². The fourth-order valence-corrected chi connectivity index (χ4v) is 7.41. The van der Waals surface area contributed by atoms with Gasteiger partial charge in [0.1, 0.15) is 0 Å². The van der Waals surface area contributed by atoms with Gasteiger partial charge in [0, 0.05) is 0 Å². The van der Waals surface area contributed by atoms with Crippen LogP contribution in [0.25, 0.3) is 64.6 Å². The molecule has 9 rings (SSSR count). The number of benzene rings is 8. The van der Waals surface area contributed by atoms with Gasteiger partial charge < -0.3 is 0 Å². The summed E-state index contributed by atoms with van der Waals surface area (Å²) in [6.07, 6.45) is 2.52. The minimum atomic E-state index is 0.563. The molecule has 1 aliphatic carbocycles. The predicted molar refractivity (Wildman–Crippen MR) is 155 cm³/mol. The third kappa shape index (κ3) is 2.35. The van der Waals surface area contributed by atoms with Gasteiger partial charge in [0.2, 0.25) is 0 Å². The van der Waals surface area contributed by atoms with Crippen molar-refractivity contribution in [1.29, 1.82) is 0 Å². The topological polar surface area (TPSA) is 0 Å². The molecule has 8 aromatic carbocycles. The summed E-state index contributed by atoms with van der Waals surface area (Å²) in [5.41, 5.74) is 3.06. The van der Waals surface area contributed by atoms with E-state index in [-0.39, 0.29) is 0 Å². The average Bonchev–Trinajstić information content (AvgIpc) is 2.91. The van der Waals surface area contributed by atoms with Crippen LogP contribution in [0.1, 0.15) is 35.8 Å². The van der Waals surface area contributed by atoms with Crippen molar-refractivity contribution in [3.05, 3.63) is 120 Å². The van der Waals surface area contributed by atoms with Crippen LogP contribution in [-0.4, -0.2) is 0 Å². The third-order valence-corrected chi connectivity index (χ3v) is 9.20. The highest BCUT2D eigenvalue weighted by atomic mass is 14.4. The second-order valence-corrected chi connectivity index (χ2v) is 10.8. The molecule has 1 aliphatic rings. The summed E-state index contributed by atoms with van der Waals surface area (Å²) in [6, 6.07) is 41.5. The first-order valence-electron chi connectivity index (χ1n) is 13.2. The fraction of sp³-hybridized carbons (Fsp3) is 0.111. The van der Waals surface area contributed by atoms with Gasteiger partial charge in [0.05, 0.1) is 0 Å². The first kappa shape index (κ1) is 19.1. The minimum Gasteiger partial charge on any atom is -0.0610 e. The fourth-order valence-electron chi connectivity index (χ4n) is 7.41. The molecule has 0 unspecified atom stereocenters. The molecule has 0 nitrogen and oxygen atoms in total. The molecule has 1 saturated carbocycles. The Morgan fingerprint density at radius 2 is 0.667 bits per heavy atom.